The zero-order chi connectivity index (χ0) is 12.1. The average molecular weight is 246 g/mol. The van der Waals surface area contributed by atoms with Gasteiger partial charge in [0.05, 0.1) is 21.3 Å². The van der Waals surface area contributed by atoms with E-state index in [2.05, 4.69) is 5.48 Å². The number of hydrogen-bond donors (Lipinski definition) is 1. The van der Waals surface area contributed by atoms with E-state index in [1.165, 1.54) is 0 Å². The Kier molecular flexibility index (Phi) is 4.86. The fraction of sp³-hybridized carbons (Fsp3) is 0.455. The minimum Gasteiger partial charge on any atom is -0.493 e. The van der Waals surface area contributed by atoms with E-state index in [-0.39, 0.29) is 0 Å². The van der Waals surface area contributed by atoms with Crippen LogP contribution in [0.25, 0.3) is 0 Å². The monoisotopic (exact) mass is 245 g/mol. The quantitative estimate of drug-likeness (QED) is 0.809. The highest BCUT2D eigenvalue weighted by molar-refractivity contribution is 6.31. The molecule has 0 aliphatic carbocycles. The molecule has 0 aliphatic rings. The molecule has 0 saturated heterocycles. The average Bonchev–Trinajstić information content (AvgIpc) is 2.29. The van der Waals surface area contributed by atoms with Crippen LogP contribution in [0.4, 0.5) is 0 Å². The van der Waals surface area contributed by atoms with Crippen molar-refractivity contribution in [2.24, 2.45) is 0 Å². The molecule has 1 rings (SSSR count). The van der Waals surface area contributed by atoms with Crippen LogP contribution in [0.15, 0.2) is 6.07 Å². The molecule has 0 aromatic heterocycles. The molecule has 16 heavy (non-hydrogen) atoms. The van der Waals surface area contributed by atoms with Crippen molar-refractivity contribution in [1.82, 2.24) is 5.48 Å². The molecule has 1 N–H and O–H groups in total. The van der Waals surface area contributed by atoms with Crippen LogP contribution in [-0.2, 0) is 11.4 Å². The third kappa shape index (κ3) is 2.58. The van der Waals surface area contributed by atoms with Gasteiger partial charge in [-0.3, -0.25) is 0 Å². The van der Waals surface area contributed by atoms with E-state index in [0.717, 1.165) is 11.1 Å². The number of hydrogen-bond acceptors (Lipinski definition) is 4. The van der Waals surface area contributed by atoms with Crippen LogP contribution in [0.5, 0.6) is 11.5 Å². The lowest BCUT2D eigenvalue weighted by molar-refractivity contribution is 0.0860. The first-order valence-electron chi connectivity index (χ1n) is 4.81. The number of hydroxylamine groups is 1. The largest absolute Gasteiger partial charge is 0.493 e. The van der Waals surface area contributed by atoms with Crippen molar-refractivity contribution in [3.63, 3.8) is 0 Å². The van der Waals surface area contributed by atoms with E-state index in [4.69, 9.17) is 25.9 Å². The van der Waals surface area contributed by atoms with Crippen LogP contribution in [-0.4, -0.2) is 21.3 Å². The van der Waals surface area contributed by atoms with E-state index in [0.29, 0.717) is 23.1 Å². The molecule has 0 aliphatic heterocycles. The van der Waals surface area contributed by atoms with Gasteiger partial charge in [-0.05, 0) is 13.0 Å². The third-order valence-electron chi connectivity index (χ3n) is 2.31. The smallest absolute Gasteiger partial charge is 0.165 e. The summed E-state index contributed by atoms with van der Waals surface area (Å²) in [5, 5.41) is 0.644. The molecule has 0 saturated carbocycles. The van der Waals surface area contributed by atoms with E-state index in [9.17, 15) is 0 Å². The molecule has 0 unspecified atom stereocenters. The molecule has 0 amide bonds. The molecule has 0 bridgehead atoms. The lowest BCUT2D eigenvalue weighted by atomic mass is 10.1. The maximum Gasteiger partial charge on any atom is 0.165 e. The maximum atomic E-state index is 6.10. The van der Waals surface area contributed by atoms with Crippen molar-refractivity contribution in [2.45, 2.75) is 13.5 Å². The Hall–Kier alpha value is -0.970. The third-order valence-corrected chi connectivity index (χ3v) is 2.71. The summed E-state index contributed by atoms with van der Waals surface area (Å²) in [6, 6.07) is 1.84. The second-order valence-electron chi connectivity index (χ2n) is 3.23. The normalized spacial score (nSPS) is 10.3. The van der Waals surface area contributed by atoms with Crippen molar-refractivity contribution in [1.29, 1.82) is 0 Å². The fourth-order valence-corrected chi connectivity index (χ4v) is 1.72. The second-order valence-corrected chi connectivity index (χ2v) is 3.64. The Morgan fingerprint density at radius 2 is 1.81 bits per heavy atom. The van der Waals surface area contributed by atoms with Crippen LogP contribution in [0.1, 0.15) is 11.1 Å². The highest BCUT2D eigenvalue weighted by atomic mass is 35.5. The maximum absolute atomic E-state index is 6.10. The first-order valence-corrected chi connectivity index (χ1v) is 5.19. The summed E-state index contributed by atoms with van der Waals surface area (Å²) in [5.41, 5.74) is 4.49. The van der Waals surface area contributed by atoms with Gasteiger partial charge < -0.3 is 14.3 Å². The summed E-state index contributed by atoms with van der Waals surface area (Å²) in [6.45, 7) is 2.38. The molecule has 0 atom stereocenters. The van der Waals surface area contributed by atoms with Gasteiger partial charge in [-0.25, -0.2) is 0 Å². The summed E-state index contributed by atoms with van der Waals surface area (Å²) in [6.07, 6.45) is 0. The Morgan fingerprint density at radius 3 is 2.31 bits per heavy atom. The van der Waals surface area contributed by atoms with Gasteiger partial charge in [0.1, 0.15) is 0 Å². The van der Waals surface area contributed by atoms with Crippen molar-refractivity contribution in [3.05, 3.63) is 22.2 Å². The molecule has 5 heteroatoms. The number of halogens is 1. The number of methoxy groups -OCH3 is 2. The number of rotatable bonds is 5. The zero-order valence-electron chi connectivity index (χ0n) is 9.89. The van der Waals surface area contributed by atoms with Gasteiger partial charge in [0.25, 0.3) is 0 Å². The predicted octanol–water partition coefficient (Wildman–Crippen LogP) is 2.32. The predicted molar refractivity (Wildman–Crippen MR) is 63.1 cm³/mol. The molecule has 90 valence electrons. The van der Waals surface area contributed by atoms with Crippen LogP contribution < -0.4 is 15.0 Å². The van der Waals surface area contributed by atoms with Crippen LogP contribution >= 0.6 is 11.6 Å². The van der Waals surface area contributed by atoms with Crippen LogP contribution in [0.3, 0.4) is 0 Å². The standard InChI is InChI=1S/C11H16ClNO3/c1-7-9(12)5-8(6-13-16-4)11(15-3)10(7)14-2/h5,13H,6H2,1-4H3. The Morgan fingerprint density at radius 1 is 1.19 bits per heavy atom. The van der Waals surface area contributed by atoms with Crippen molar-refractivity contribution in [2.75, 3.05) is 21.3 Å². The SMILES string of the molecule is CONCc1cc(Cl)c(C)c(OC)c1OC. The first kappa shape index (κ1) is 13.1. The molecule has 0 spiro atoms. The van der Waals surface area contributed by atoms with Gasteiger partial charge in [-0.1, -0.05) is 11.6 Å². The molecule has 0 fully saturated rings. The molecule has 4 nitrogen and oxygen atoms in total. The lowest BCUT2D eigenvalue weighted by Gasteiger charge is -2.16. The van der Waals surface area contributed by atoms with Gasteiger partial charge in [-0.15, -0.1) is 0 Å². The second kappa shape index (κ2) is 5.94. The van der Waals surface area contributed by atoms with E-state index in [1.54, 1.807) is 21.3 Å². The highest BCUT2D eigenvalue weighted by Crippen LogP contribution is 2.38. The van der Waals surface area contributed by atoms with E-state index < -0.39 is 0 Å². The van der Waals surface area contributed by atoms with Gasteiger partial charge in [-0.2, -0.15) is 5.48 Å². The molecule has 1 aromatic carbocycles. The zero-order valence-corrected chi connectivity index (χ0v) is 10.6. The summed E-state index contributed by atoms with van der Waals surface area (Å²) >= 11 is 6.10. The summed E-state index contributed by atoms with van der Waals surface area (Å²) in [7, 11) is 4.75. The minimum atomic E-state index is 0.496. The highest BCUT2D eigenvalue weighted by Gasteiger charge is 2.15. The van der Waals surface area contributed by atoms with Gasteiger partial charge in [0.15, 0.2) is 11.5 Å². The van der Waals surface area contributed by atoms with Crippen LogP contribution in [0.2, 0.25) is 5.02 Å². The van der Waals surface area contributed by atoms with Crippen molar-refractivity contribution in [3.8, 4) is 11.5 Å². The molecular formula is C11H16ClNO3. The molecule has 0 heterocycles. The number of nitrogens with one attached hydrogen (secondary N) is 1. The lowest BCUT2D eigenvalue weighted by Crippen LogP contribution is -2.12. The van der Waals surface area contributed by atoms with Crippen molar-refractivity contribution < 1.29 is 14.3 Å². The summed E-state index contributed by atoms with van der Waals surface area (Å²) < 4.78 is 10.6. The Bertz CT molecular complexity index is 369. The number of benzene rings is 1. The minimum absolute atomic E-state index is 0.496. The van der Waals surface area contributed by atoms with Gasteiger partial charge in [0.2, 0.25) is 0 Å². The number of ether oxygens (including phenoxy) is 2. The molecule has 0 radical (unpaired) electrons. The van der Waals surface area contributed by atoms with E-state index >= 15 is 0 Å². The molecule has 1 aromatic rings. The topological polar surface area (TPSA) is 39.7 Å². The van der Waals surface area contributed by atoms with Gasteiger partial charge >= 0.3 is 0 Å². The molecular weight excluding hydrogens is 230 g/mol. The van der Waals surface area contributed by atoms with Gasteiger partial charge in [0, 0.05) is 22.7 Å². The summed E-state index contributed by atoms with van der Waals surface area (Å²) in [5.74, 6) is 1.33. The fourth-order valence-electron chi connectivity index (χ4n) is 1.50. The van der Waals surface area contributed by atoms with Crippen LogP contribution in [0, 0.1) is 6.92 Å². The summed E-state index contributed by atoms with van der Waals surface area (Å²) in [4.78, 5) is 4.80. The van der Waals surface area contributed by atoms with E-state index in [1.807, 2.05) is 13.0 Å². The Labute approximate surface area is 100 Å². The first-order chi connectivity index (χ1) is 7.65. The van der Waals surface area contributed by atoms with Crippen molar-refractivity contribution >= 4 is 11.6 Å². The Balaban J connectivity index is 3.20.